The van der Waals surface area contributed by atoms with Gasteiger partial charge in [-0.3, -0.25) is 4.79 Å². The lowest BCUT2D eigenvalue weighted by atomic mass is 9.83. The van der Waals surface area contributed by atoms with E-state index >= 15 is 0 Å². The van der Waals surface area contributed by atoms with Crippen LogP contribution in [0.15, 0.2) is 12.1 Å². The molecule has 1 rings (SSSR count). The molecule has 0 heterocycles. The molecule has 0 aliphatic carbocycles. The fraction of sp³-hybridized carbons (Fsp3) is 0.429. The van der Waals surface area contributed by atoms with E-state index in [9.17, 15) is 9.59 Å². The first-order chi connectivity index (χ1) is 8.15. The quantitative estimate of drug-likeness (QED) is 0.861. The third kappa shape index (κ3) is 2.88. The molecule has 0 aliphatic rings. The van der Waals surface area contributed by atoms with Gasteiger partial charge < -0.3 is 10.2 Å². The smallest absolute Gasteiger partial charge is 0.335 e. The SMILES string of the molecule is Cc1cc(C)c(C(=O)O)cc1CC(C)(C)C(=O)O. The molecule has 0 aromatic heterocycles. The van der Waals surface area contributed by atoms with Gasteiger partial charge in [-0.1, -0.05) is 6.07 Å². The second kappa shape index (κ2) is 4.80. The Morgan fingerprint density at radius 2 is 1.67 bits per heavy atom. The van der Waals surface area contributed by atoms with E-state index < -0.39 is 17.4 Å². The monoisotopic (exact) mass is 250 g/mol. The highest BCUT2D eigenvalue weighted by atomic mass is 16.4. The van der Waals surface area contributed by atoms with Crippen molar-refractivity contribution in [3.63, 3.8) is 0 Å². The van der Waals surface area contributed by atoms with Crippen molar-refractivity contribution in [2.75, 3.05) is 0 Å². The number of carboxylic acid groups (broad SMARTS) is 2. The Hall–Kier alpha value is -1.84. The molecule has 0 bridgehead atoms. The summed E-state index contributed by atoms with van der Waals surface area (Å²) >= 11 is 0. The van der Waals surface area contributed by atoms with Crippen molar-refractivity contribution >= 4 is 11.9 Å². The van der Waals surface area contributed by atoms with Crippen LogP contribution in [0, 0.1) is 19.3 Å². The first-order valence-electron chi connectivity index (χ1n) is 5.72. The van der Waals surface area contributed by atoms with Gasteiger partial charge in [0.25, 0.3) is 0 Å². The van der Waals surface area contributed by atoms with Gasteiger partial charge in [0.15, 0.2) is 0 Å². The van der Waals surface area contributed by atoms with Crippen LogP contribution >= 0.6 is 0 Å². The standard InChI is InChI=1S/C14H18O4/c1-8-5-9(2)11(12(15)16)6-10(8)7-14(3,4)13(17)18/h5-6H,7H2,1-4H3,(H,15,16)(H,17,18). The van der Waals surface area contributed by atoms with Crippen molar-refractivity contribution in [2.45, 2.75) is 34.1 Å². The number of benzene rings is 1. The third-order valence-electron chi connectivity index (χ3n) is 3.12. The van der Waals surface area contributed by atoms with Crippen molar-refractivity contribution in [3.8, 4) is 0 Å². The molecule has 0 radical (unpaired) electrons. The van der Waals surface area contributed by atoms with Crippen molar-refractivity contribution in [3.05, 3.63) is 34.4 Å². The first kappa shape index (κ1) is 14.2. The Morgan fingerprint density at radius 3 is 2.11 bits per heavy atom. The number of aryl methyl sites for hydroxylation is 2. The van der Waals surface area contributed by atoms with E-state index in [1.165, 1.54) is 0 Å². The summed E-state index contributed by atoms with van der Waals surface area (Å²) in [7, 11) is 0. The average Bonchev–Trinajstić information content (AvgIpc) is 2.21. The van der Waals surface area contributed by atoms with Crippen molar-refractivity contribution in [2.24, 2.45) is 5.41 Å². The van der Waals surface area contributed by atoms with Gasteiger partial charge in [0.1, 0.15) is 0 Å². The Kier molecular flexibility index (Phi) is 3.79. The van der Waals surface area contributed by atoms with Crippen LogP contribution in [0.3, 0.4) is 0 Å². The highest BCUT2D eigenvalue weighted by Crippen LogP contribution is 2.26. The summed E-state index contributed by atoms with van der Waals surface area (Å²) in [5.41, 5.74) is 1.71. The summed E-state index contributed by atoms with van der Waals surface area (Å²) < 4.78 is 0. The number of aliphatic carboxylic acids is 1. The van der Waals surface area contributed by atoms with Crippen LogP contribution in [0.5, 0.6) is 0 Å². The molecule has 18 heavy (non-hydrogen) atoms. The third-order valence-corrected chi connectivity index (χ3v) is 3.12. The number of aromatic carboxylic acids is 1. The lowest BCUT2D eigenvalue weighted by molar-refractivity contribution is -0.146. The molecule has 0 spiro atoms. The predicted molar refractivity (Wildman–Crippen MR) is 68.0 cm³/mol. The van der Waals surface area contributed by atoms with Crippen LogP contribution in [-0.2, 0) is 11.2 Å². The molecule has 1 aromatic rings. The Bertz CT molecular complexity index is 501. The van der Waals surface area contributed by atoms with Gasteiger partial charge in [-0.05, 0) is 56.9 Å². The maximum atomic E-state index is 11.1. The van der Waals surface area contributed by atoms with Crippen LogP contribution < -0.4 is 0 Å². The van der Waals surface area contributed by atoms with Crippen LogP contribution in [-0.4, -0.2) is 22.2 Å². The molecule has 0 saturated heterocycles. The molecule has 2 N–H and O–H groups in total. The number of hydrogen-bond acceptors (Lipinski definition) is 2. The van der Waals surface area contributed by atoms with Crippen molar-refractivity contribution in [1.29, 1.82) is 0 Å². The van der Waals surface area contributed by atoms with Gasteiger partial charge in [0.2, 0.25) is 0 Å². The molecule has 1 aromatic carbocycles. The van der Waals surface area contributed by atoms with E-state index in [1.807, 2.05) is 6.92 Å². The number of carboxylic acids is 2. The summed E-state index contributed by atoms with van der Waals surface area (Å²) in [5, 5.41) is 18.2. The normalized spacial score (nSPS) is 11.3. The lowest BCUT2D eigenvalue weighted by Gasteiger charge is -2.21. The minimum absolute atomic E-state index is 0.233. The van der Waals surface area contributed by atoms with Crippen LogP contribution in [0.1, 0.15) is 40.9 Å². The minimum atomic E-state index is -0.984. The van der Waals surface area contributed by atoms with E-state index in [0.717, 1.165) is 11.1 Å². The van der Waals surface area contributed by atoms with Gasteiger partial charge in [0.05, 0.1) is 11.0 Å². The van der Waals surface area contributed by atoms with E-state index in [4.69, 9.17) is 10.2 Å². The molecule has 0 unspecified atom stereocenters. The summed E-state index contributed by atoms with van der Waals surface area (Å²) in [6.45, 7) is 6.87. The summed E-state index contributed by atoms with van der Waals surface area (Å²) in [6.07, 6.45) is 0.314. The van der Waals surface area contributed by atoms with Gasteiger partial charge in [0, 0.05) is 0 Å². The Morgan fingerprint density at radius 1 is 1.11 bits per heavy atom. The molecule has 0 aliphatic heterocycles. The van der Waals surface area contributed by atoms with Crippen LogP contribution in [0.25, 0.3) is 0 Å². The second-order valence-electron chi connectivity index (χ2n) is 5.26. The second-order valence-corrected chi connectivity index (χ2v) is 5.26. The maximum Gasteiger partial charge on any atom is 0.335 e. The van der Waals surface area contributed by atoms with Gasteiger partial charge in [-0.25, -0.2) is 4.79 Å². The van der Waals surface area contributed by atoms with Crippen molar-refractivity contribution < 1.29 is 19.8 Å². The summed E-state index contributed by atoms with van der Waals surface area (Å²) in [4.78, 5) is 22.2. The first-order valence-corrected chi connectivity index (χ1v) is 5.72. The molecule has 0 atom stereocenters. The Balaban J connectivity index is 3.22. The number of hydrogen-bond donors (Lipinski definition) is 2. The molecule has 4 nitrogen and oxygen atoms in total. The van der Waals surface area contributed by atoms with Crippen molar-refractivity contribution in [1.82, 2.24) is 0 Å². The predicted octanol–water partition coefficient (Wildman–Crippen LogP) is 2.65. The van der Waals surface area contributed by atoms with Crippen LogP contribution in [0.4, 0.5) is 0 Å². The molecule has 0 saturated carbocycles. The number of carbonyl (C=O) groups is 2. The maximum absolute atomic E-state index is 11.1. The van der Waals surface area contributed by atoms with Gasteiger partial charge in [-0.2, -0.15) is 0 Å². The molecular formula is C14H18O4. The topological polar surface area (TPSA) is 74.6 Å². The molecule has 0 fully saturated rings. The fourth-order valence-corrected chi connectivity index (χ4v) is 1.87. The zero-order valence-corrected chi connectivity index (χ0v) is 11.1. The van der Waals surface area contributed by atoms with Gasteiger partial charge >= 0.3 is 11.9 Å². The van der Waals surface area contributed by atoms with E-state index in [2.05, 4.69) is 0 Å². The summed E-state index contributed by atoms with van der Waals surface area (Å²) in [6, 6.07) is 3.37. The van der Waals surface area contributed by atoms with E-state index in [0.29, 0.717) is 12.0 Å². The fourth-order valence-electron chi connectivity index (χ4n) is 1.87. The van der Waals surface area contributed by atoms with Gasteiger partial charge in [-0.15, -0.1) is 0 Å². The minimum Gasteiger partial charge on any atom is -0.481 e. The summed E-state index contributed by atoms with van der Waals surface area (Å²) in [5.74, 6) is -1.87. The zero-order valence-electron chi connectivity index (χ0n) is 11.1. The number of rotatable bonds is 4. The molecule has 98 valence electrons. The zero-order chi connectivity index (χ0) is 14.1. The molecule has 4 heteroatoms. The molecule has 0 amide bonds. The van der Waals surface area contributed by atoms with Crippen LogP contribution in [0.2, 0.25) is 0 Å². The lowest BCUT2D eigenvalue weighted by Crippen LogP contribution is -2.26. The Labute approximate surface area is 106 Å². The highest BCUT2D eigenvalue weighted by Gasteiger charge is 2.28. The average molecular weight is 250 g/mol. The largest absolute Gasteiger partial charge is 0.481 e. The van der Waals surface area contributed by atoms with E-state index in [-0.39, 0.29) is 5.56 Å². The molecular weight excluding hydrogens is 232 g/mol. The van der Waals surface area contributed by atoms with E-state index in [1.54, 1.807) is 32.9 Å². The highest BCUT2D eigenvalue weighted by molar-refractivity contribution is 5.89.